The number of nitrogens with one attached hydrogen (secondary N) is 2. The molecule has 1 saturated heterocycles. The molecule has 0 saturated carbocycles. The molecule has 0 radical (unpaired) electrons. The molecule has 1 unspecified atom stereocenters. The zero-order chi connectivity index (χ0) is 37.3. The lowest BCUT2D eigenvalue weighted by molar-refractivity contribution is -0.119. The Balaban J connectivity index is 1.31. The summed E-state index contributed by atoms with van der Waals surface area (Å²) in [5.41, 5.74) is -1.21. The molecule has 1 fully saturated rings. The molecule has 0 amide bonds. The van der Waals surface area contributed by atoms with Crippen LogP contribution >= 0.6 is 7.75 Å². The van der Waals surface area contributed by atoms with Gasteiger partial charge in [0, 0.05) is 38.1 Å². The first-order valence-corrected chi connectivity index (χ1v) is 19.6. The molecule has 3 rings (SSSR count). The number of aromatic amines is 1. The summed E-state index contributed by atoms with van der Waals surface area (Å²) in [6.07, 6.45) is 31.9. The fourth-order valence-electron chi connectivity index (χ4n) is 5.10. The second-order valence-corrected chi connectivity index (χ2v) is 13.9. The third-order valence-electron chi connectivity index (χ3n) is 7.87. The van der Waals surface area contributed by atoms with E-state index in [2.05, 4.69) is 83.8 Å². The van der Waals surface area contributed by atoms with Crippen LogP contribution in [0, 0.1) is 0 Å². The Morgan fingerprint density at radius 2 is 1.50 bits per heavy atom. The number of aromatic nitrogens is 2. The van der Waals surface area contributed by atoms with Crippen molar-refractivity contribution in [3.63, 3.8) is 0 Å². The van der Waals surface area contributed by atoms with Crippen LogP contribution in [0.3, 0.4) is 0 Å². The van der Waals surface area contributed by atoms with Crippen molar-refractivity contribution in [2.75, 3.05) is 13.2 Å². The average Bonchev–Trinajstić information content (AvgIpc) is 3.50. The molecule has 11 nitrogen and oxygen atoms in total. The Bertz CT molecular complexity index is 1680. The van der Waals surface area contributed by atoms with Crippen LogP contribution in [0.25, 0.3) is 0 Å². The van der Waals surface area contributed by atoms with Gasteiger partial charge in [0.25, 0.3) is 5.56 Å². The van der Waals surface area contributed by atoms with Crippen LogP contribution in [0.4, 0.5) is 0 Å². The fraction of sp³-hybridized carbons (Fsp3) is 0.425. The van der Waals surface area contributed by atoms with Gasteiger partial charge in [-0.2, -0.15) is 0 Å². The molecule has 52 heavy (non-hydrogen) atoms. The number of carbonyl (C=O) groups is 1. The van der Waals surface area contributed by atoms with Crippen molar-refractivity contribution in [1.29, 1.82) is 0 Å². The first kappa shape index (κ1) is 42.3. The monoisotopic (exact) mass is 735 g/mol. The maximum absolute atomic E-state index is 13.7. The maximum atomic E-state index is 13.7. The second kappa shape index (κ2) is 25.0. The number of carbonyl (C=O) groups excluding carboxylic acids is 1. The van der Waals surface area contributed by atoms with E-state index >= 15 is 0 Å². The van der Waals surface area contributed by atoms with Gasteiger partial charge in [0.1, 0.15) is 23.9 Å². The summed E-state index contributed by atoms with van der Waals surface area (Å²) >= 11 is 0. The number of Topliss-reactive ketones (excluding diaryl/α,β-unsaturated/α-hetero) is 1. The number of para-hydroxylation sites is 1. The van der Waals surface area contributed by atoms with Gasteiger partial charge < -0.3 is 14.4 Å². The quantitative estimate of drug-likeness (QED) is 0.0528. The molecule has 1 aliphatic rings. The Kier molecular flexibility index (Phi) is 20.3. The van der Waals surface area contributed by atoms with Gasteiger partial charge in [0.05, 0.1) is 12.7 Å². The second-order valence-electron chi connectivity index (χ2n) is 12.2. The van der Waals surface area contributed by atoms with Crippen molar-refractivity contribution < 1.29 is 28.3 Å². The number of aliphatic hydroxyl groups is 1. The number of allylic oxidation sites excluding steroid dienone is 12. The van der Waals surface area contributed by atoms with E-state index in [9.17, 15) is 24.1 Å². The Morgan fingerprint density at radius 1 is 0.904 bits per heavy atom. The van der Waals surface area contributed by atoms with Gasteiger partial charge in [-0.15, -0.1) is 0 Å². The van der Waals surface area contributed by atoms with E-state index in [-0.39, 0.29) is 25.4 Å². The first-order valence-electron chi connectivity index (χ1n) is 18.1. The van der Waals surface area contributed by atoms with Crippen molar-refractivity contribution >= 4 is 13.5 Å². The Labute approximate surface area is 307 Å². The van der Waals surface area contributed by atoms with Crippen LogP contribution in [0.1, 0.15) is 83.8 Å². The lowest BCUT2D eigenvalue weighted by Gasteiger charge is -2.22. The highest BCUT2D eigenvalue weighted by Crippen LogP contribution is 2.45. The van der Waals surface area contributed by atoms with Gasteiger partial charge in [-0.05, 0) is 63.5 Å². The van der Waals surface area contributed by atoms with Gasteiger partial charge in [-0.1, -0.05) is 98.0 Å². The molecule has 1 aromatic carbocycles. The third kappa shape index (κ3) is 17.4. The SMILES string of the molecule is CC/C=C\C/C=C\C/C=C\C/C=C\C/C=C\C/C=C\CCC(=O)CCCNP(=O)(OC[C@H]1O[C@@H](n2ccc(=O)[nH]c2=O)C[C@@H]1O)Oc1ccccc1. The molecule has 0 spiro atoms. The average molecular weight is 736 g/mol. The lowest BCUT2D eigenvalue weighted by atomic mass is 10.1. The largest absolute Gasteiger partial charge is 0.458 e. The van der Waals surface area contributed by atoms with E-state index in [1.165, 1.54) is 16.8 Å². The van der Waals surface area contributed by atoms with E-state index in [0.717, 1.165) is 38.5 Å². The molecule has 12 heteroatoms. The number of hydrogen-bond donors (Lipinski definition) is 3. The maximum Gasteiger partial charge on any atom is 0.458 e. The van der Waals surface area contributed by atoms with E-state index < -0.39 is 37.4 Å². The summed E-state index contributed by atoms with van der Waals surface area (Å²) in [7, 11) is -3.94. The predicted octanol–water partition coefficient (Wildman–Crippen LogP) is 7.81. The lowest BCUT2D eigenvalue weighted by Crippen LogP contribution is -2.32. The van der Waals surface area contributed by atoms with E-state index in [4.69, 9.17) is 13.8 Å². The number of hydrogen-bond acceptors (Lipinski definition) is 8. The van der Waals surface area contributed by atoms with Crippen LogP contribution in [0.2, 0.25) is 0 Å². The molecule has 282 valence electrons. The van der Waals surface area contributed by atoms with E-state index in [1.54, 1.807) is 30.3 Å². The van der Waals surface area contributed by atoms with Gasteiger partial charge >= 0.3 is 13.4 Å². The number of ether oxygens (including phenoxy) is 1. The summed E-state index contributed by atoms with van der Waals surface area (Å²) in [6, 6.07) is 9.70. The molecule has 0 aliphatic carbocycles. The van der Waals surface area contributed by atoms with Crippen molar-refractivity contribution in [2.45, 2.75) is 96.0 Å². The minimum atomic E-state index is -3.94. The molecular weight excluding hydrogens is 681 g/mol. The molecule has 0 bridgehead atoms. The van der Waals surface area contributed by atoms with Crippen LogP contribution in [-0.4, -0.2) is 45.8 Å². The smallest absolute Gasteiger partial charge is 0.413 e. The van der Waals surface area contributed by atoms with Crippen LogP contribution in [0.15, 0.2) is 125 Å². The van der Waals surface area contributed by atoms with Gasteiger partial charge in [0.15, 0.2) is 0 Å². The van der Waals surface area contributed by atoms with Gasteiger partial charge in [-0.25, -0.2) is 14.4 Å². The highest BCUT2D eigenvalue weighted by Gasteiger charge is 2.38. The minimum Gasteiger partial charge on any atom is -0.413 e. The van der Waals surface area contributed by atoms with Gasteiger partial charge in [0.2, 0.25) is 0 Å². The summed E-state index contributed by atoms with van der Waals surface area (Å²) in [6.45, 7) is 2.04. The molecule has 1 aromatic heterocycles. The van der Waals surface area contributed by atoms with Crippen molar-refractivity contribution in [2.24, 2.45) is 0 Å². The molecule has 1 aliphatic heterocycles. The van der Waals surface area contributed by atoms with Crippen LogP contribution in [0.5, 0.6) is 5.75 Å². The highest BCUT2D eigenvalue weighted by atomic mass is 31.2. The predicted molar refractivity (Wildman–Crippen MR) is 206 cm³/mol. The van der Waals surface area contributed by atoms with E-state index in [1.807, 2.05) is 6.08 Å². The first-order chi connectivity index (χ1) is 25.3. The van der Waals surface area contributed by atoms with Gasteiger partial charge in [-0.3, -0.25) is 23.7 Å². The number of nitrogens with zero attached hydrogens (tertiary/aromatic N) is 1. The van der Waals surface area contributed by atoms with Crippen molar-refractivity contribution in [3.8, 4) is 5.75 Å². The highest BCUT2D eigenvalue weighted by molar-refractivity contribution is 7.52. The molecule has 2 aromatic rings. The Morgan fingerprint density at radius 3 is 2.10 bits per heavy atom. The summed E-state index contributed by atoms with van der Waals surface area (Å²) in [5, 5.41) is 13.4. The molecular formula is C40H54N3O8P. The summed E-state index contributed by atoms with van der Waals surface area (Å²) in [5.74, 6) is 0.420. The number of aliphatic hydroxyl groups excluding tert-OH is 1. The number of benzene rings is 1. The zero-order valence-electron chi connectivity index (χ0n) is 30.1. The normalized spacial score (nSPS) is 19.3. The van der Waals surface area contributed by atoms with Crippen molar-refractivity contribution in [3.05, 3.63) is 136 Å². The minimum absolute atomic E-state index is 0.0674. The fourth-order valence-corrected chi connectivity index (χ4v) is 6.48. The topological polar surface area (TPSA) is 149 Å². The zero-order valence-corrected chi connectivity index (χ0v) is 31.0. The molecule has 3 N–H and O–H groups in total. The third-order valence-corrected chi connectivity index (χ3v) is 9.42. The van der Waals surface area contributed by atoms with Crippen LogP contribution < -0.4 is 20.9 Å². The van der Waals surface area contributed by atoms with E-state index in [0.29, 0.717) is 31.4 Å². The molecule has 4 atom stereocenters. The summed E-state index contributed by atoms with van der Waals surface area (Å²) < 4.78 is 32.0. The van der Waals surface area contributed by atoms with Crippen molar-refractivity contribution in [1.82, 2.24) is 14.6 Å². The number of H-pyrrole nitrogens is 1. The molecule has 2 heterocycles. The Hall–Kier alpha value is -4.12. The summed E-state index contributed by atoms with van der Waals surface area (Å²) in [4.78, 5) is 38.2. The number of rotatable bonds is 25. The van der Waals surface area contributed by atoms with Crippen LogP contribution in [-0.2, 0) is 18.6 Å². The number of ketones is 1. The standard InChI is InChI=1S/C40H54N3O8P/c1-2-3-4-5-6-7-8-9-10-11-12-13-14-15-16-17-18-19-21-25-34(44)26-24-30-41-52(48,51-35-27-22-20-23-28-35)49-33-37-36(45)32-39(50-37)43-31-29-38(46)42-40(43)47/h3-4,6-7,9-10,12-13,15-16,18-20,22-23,27-29,31,36-37,39,45H,2,5,8,11,14,17,21,24-26,30,32-33H2,1H3,(H,41,48)(H,42,46,47)/b4-3-,7-6-,10-9-,13-12-,16-15-,19-18-/t36-,37+,39+,52?/m0/s1.